The van der Waals surface area contributed by atoms with Gasteiger partial charge >= 0.3 is 0 Å². The second kappa shape index (κ2) is 11.4. The number of hydrogen-bond acceptors (Lipinski definition) is 2. The third-order valence-corrected chi connectivity index (χ3v) is 8.08. The fraction of sp³-hybridized carbons (Fsp3) is 0.600. The first-order chi connectivity index (χ1) is 15.6. The van der Waals surface area contributed by atoms with Crippen molar-refractivity contribution in [2.75, 3.05) is 6.61 Å². The standard InChI is InChI=1S/C30H45O2P/c1-8-9-10-11-12-13-14-17-20-31-33-27-19-16-15-18-24(27)25-21-23(29(2,3)4)22-26(28(25)32-33)30(5,6)7/h15-16,18-19,21-22H,8-14,17,20H2,1-7H3. The van der Waals surface area contributed by atoms with Crippen LogP contribution in [0, 0.1) is 0 Å². The zero-order chi connectivity index (χ0) is 24.1. The van der Waals surface area contributed by atoms with Crippen LogP contribution in [-0.4, -0.2) is 6.61 Å². The van der Waals surface area contributed by atoms with Crippen LogP contribution in [-0.2, 0) is 15.4 Å². The Morgan fingerprint density at radius 1 is 0.758 bits per heavy atom. The molecule has 0 fully saturated rings. The van der Waals surface area contributed by atoms with Gasteiger partial charge in [-0.1, -0.05) is 118 Å². The van der Waals surface area contributed by atoms with Gasteiger partial charge in [0, 0.05) is 11.1 Å². The first-order valence-electron chi connectivity index (χ1n) is 13.0. The summed E-state index contributed by atoms with van der Waals surface area (Å²) < 4.78 is 13.1. The quantitative estimate of drug-likeness (QED) is 0.255. The van der Waals surface area contributed by atoms with Crippen LogP contribution >= 0.6 is 8.38 Å². The van der Waals surface area contributed by atoms with E-state index in [9.17, 15) is 0 Å². The van der Waals surface area contributed by atoms with Crippen molar-refractivity contribution in [1.82, 2.24) is 0 Å². The Morgan fingerprint density at radius 3 is 2.03 bits per heavy atom. The molecule has 0 radical (unpaired) electrons. The second-order valence-corrected chi connectivity index (χ2v) is 13.0. The van der Waals surface area contributed by atoms with Crippen molar-refractivity contribution in [3.05, 3.63) is 47.5 Å². The predicted molar refractivity (Wildman–Crippen MR) is 145 cm³/mol. The molecule has 0 saturated heterocycles. The number of benzene rings is 2. The highest BCUT2D eigenvalue weighted by Gasteiger charge is 2.34. The summed E-state index contributed by atoms with van der Waals surface area (Å²) in [4.78, 5) is 0. The number of unbranched alkanes of at least 4 members (excludes halogenated alkanes) is 7. The van der Waals surface area contributed by atoms with E-state index in [4.69, 9.17) is 9.05 Å². The van der Waals surface area contributed by atoms with Gasteiger partial charge in [0.25, 0.3) is 8.38 Å². The van der Waals surface area contributed by atoms with Crippen LogP contribution in [0.25, 0.3) is 11.1 Å². The van der Waals surface area contributed by atoms with E-state index in [-0.39, 0.29) is 10.8 Å². The lowest BCUT2D eigenvalue weighted by molar-refractivity contribution is 0.306. The Morgan fingerprint density at radius 2 is 1.39 bits per heavy atom. The average Bonchev–Trinajstić information content (AvgIpc) is 2.76. The summed E-state index contributed by atoms with van der Waals surface area (Å²) in [5.41, 5.74) is 5.21. The molecule has 33 heavy (non-hydrogen) atoms. The van der Waals surface area contributed by atoms with Crippen molar-refractivity contribution in [1.29, 1.82) is 0 Å². The minimum atomic E-state index is -1.11. The van der Waals surface area contributed by atoms with Gasteiger partial charge in [-0.05, 0) is 40.5 Å². The number of rotatable bonds is 10. The zero-order valence-corrected chi connectivity index (χ0v) is 23.0. The molecule has 1 heterocycles. The summed E-state index contributed by atoms with van der Waals surface area (Å²) >= 11 is 0. The summed E-state index contributed by atoms with van der Waals surface area (Å²) in [5.74, 6) is 1.02. The smallest absolute Gasteiger partial charge is 0.265 e. The number of fused-ring (bicyclic) bond motifs is 3. The van der Waals surface area contributed by atoms with E-state index in [1.54, 1.807) is 0 Å². The first kappa shape index (κ1) is 26.2. The molecule has 0 N–H and O–H groups in total. The van der Waals surface area contributed by atoms with Gasteiger partial charge in [-0.3, -0.25) is 0 Å². The van der Waals surface area contributed by atoms with Crippen LogP contribution in [0.15, 0.2) is 36.4 Å². The van der Waals surface area contributed by atoms with Gasteiger partial charge < -0.3 is 9.05 Å². The van der Waals surface area contributed by atoms with Crippen LogP contribution in [0.1, 0.15) is 111 Å². The zero-order valence-electron chi connectivity index (χ0n) is 22.1. The lowest BCUT2D eigenvalue weighted by atomic mass is 9.78. The highest BCUT2D eigenvalue weighted by Crippen LogP contribution is 2.53. The minimum absolute atomic E-state index is 0.00357. The molecule has 1 aliphatic heterocycles. The van der Waals surface area contributed by atoms with Crippen LogP contribution in [0.5, 0.6) is 5.75 Å². The van der Waals surface area contributed by atoms with Gasteiger partial charge in [0.05, 0.1) is 11.9 Å². The Kier molecular flexibility index (Phi) is 9.04. The molecule has 1 unspecified atom stereocenters. The van der Waals surface area contributed by atoms with Crippen molar-refractivity contribution in [2.45, 2.75) is 111 Å². The van der Waals surface area contributed by atoms with Gasteiger partial charge in [-0.25, -0.2) is 0 Å². The monoisotopic (exact) mass is 468 g/mol. The molecule has 2 aromatic carbocycles. The molecular weight excluding hydrogens is 423 g/mol. The fourth-order valence-electron chi connectivity index (χ4n) is 4.39. The van der Waals surface area contributed by atoms with Gasteiger partial charge in [0.15, 0.2) is 0 Å². The van der Waals surface area contributed by atoms with Crippen molar-refractivity contribution in [3.8, 4) is 16.9 Å². The molecule has 0 amide bonds. The number of hydrogen-bond donors (Lipinski definition) is 0. The van der Waals surface area contributed by atoms with Crippen molar-refractivity contribution in [3.63, 3.8) is 0 Å². The predicted octanol–water partition coefficient (Wildman–Crippen LogP) is 9.44. The molecule has 3 rings (SSSR count). The molecule has 1 atom stereocenters. The maximum atomic E-state index is 6.70. The van der Waals surface area contributed by atoms with Gasteiger partial charge in [0.2, 0.25) is 0 Å². The molecule has 0 aromatic heterocycles. The van der Waals surface area contributed by atoms with E-state index >= 15 is 0 Å². The second-order valence-electron chi connectivity index (χ2n) is 11.6. The topological polar surface area (TPSA) is 18.5 Å². The summed E-state index contributed by atoms with van der Waals surface area (Å²) in [7, 11) is -1.11. The Balaban J connectivity index is 1.76. The van der Waals surface area contributed by atoms with Crippen LogP contribution in [0.4, 0.5) is 0 Å². The van der Waals surface area contributed by atoms with Gasteiger partial charge in [-0.15, -0.1) is 0 Å². The van der Waals surface area contributed by atoms with E-state index in [2.05, 4.69) is 84.9 Å². The minimum Gasteiger partial charge on any atom is -0.443 e. The third kappa shape index (κ3) is 6.83. The van der Waals surface area contributed by atoms with E-state index in [0.29, 0.717) is 0 Å². The summed E-state index contributed by atoms with van der Waals surface area (Å²) in [6.07, 6.45) is 10.5. The molecule has 182 valence electrons. The Hall–Kier alpha value is -1.37. The molecule has 0 aliphatic carbocycles. The molecule has 2 aromatic rings. The molecular formula is C30H45O2P. The lowest BCUT2D eigenvalue weighted by Gasteiger charge is -2.34. The van der Waals surface area contributed by atoms with Gasteiger partial charge in [0.1, 0.15) is 5.75 Å². The maximum absolute atomic E-state index is 6.70. The van der Waals surface area contributed by atoms with E-state index < -0.39 is 8.38 Å². The molecule has 1 aliphatic rings. The van der Waals surface area contributed by atoms with Gasteiger partial charge in [-0.2, -0.15) is 0 Å². The lowest BCUT2D eigenvalue weighted by Crippen LogP contribution is -2.22. The molecule has 0 spiro atoms. The first-order valence-corrected chi connectivity index (χ1v) is 14.2. The van der Waals surface area contributed by atoms with Crippen LogP contribution in [0.3, 0.4) is 0 Å². The molecule has 2 nitrogen and oxygen atoms in total. The highest BCUT2D eigenvalue weighted by molar-refractivity contribution is 7.56. The summed E-state index contributed by atoms with van der Waals surface area (Å²) in [6, 6.07) is 13.4. The van der Waals surface area contributed by atoms with E-state index in [0.717, 1.165) is 18.8 Å². The van der Waals surface area contributed by atoms with Crippen LogP contribution < -0.4 is 9.83 Å². The Bertz CT molecular complexity index is 904. The van der Waals surface area contributed by atoms with Crippen molar-refractivity contribution in [2.24, 2.45) is 0 Å². The largest absolute Gasteiger partial charge is 0.443 e. The molecule has 0 saturated carbocycles. The van der Waals surface area contributed by atoms with Crippen LogP contribution in [0.2, 0.25) is 0 Å². The Labute approximate surface area is 204 Å². The van der Waals surface area contributed by atoms with Crippen molar-refractivity contribution < 1.29 is 9.05 Å². The fourth-order valence-corrected chi connectivity index (χ4v) is 5.94. The highest BCUT2D eigenvalue weighted by atomic mass is 31.2. The molecule has 3 heteroatoms. The third-order valence-electron chi connectivity index (χ3n) is 6.53. The maximum Gasteiger partial charge on any atom is 0.265 e. The van der Waals surface area contributed by atoms with E-state index in [1.165, 1.54) is 72.5 Å². The average molecular weight is 469 g/mol. The van der Waals surface area contributed by atoms with Crippen molar-refractivity contribution >= 4 is 13.7 Å². The normalized spacial score (nSPS) is 15.7. The summed E-state index contributed by atoms with van der Waals surface area (Å²) in [5, 5.41) is 1.21. The molecule has 0 bridgehead atoms. The summed E-state index contributed by atoms with van der Waals surface area (Å²) in [6.45, 7) is 16.8. The van der Waals surface area contributed by atoms with E-state index in [1.807, 2.05) is 0 Å². The SMILES string of the molecule is CCCCCCCCCCOP1Oc2c(cc(C(C)(C)C)cc2C(C)(C)C)-c2ccccc21.